The van der Waals surface area contributed by atoms with E-state index in [1.807, 2.05) is 25.2 Å². The van der Waals surface area contributed by atoms with E-state index in [1.54, 1.807) is 0 Å². The van der Waals surface area contributed by atoms with Crippen molar-refractivity contribution in [3.8, 4) is 0 Å². The highest BCUT2D eigenvalue weighted by molar-refractivity contribution is 6.20. The number of amides is 2. The van der Waals surface area contributed by atoms with Gasteiger partial charge in [0.25, 0.3) is 5.91 Å². The van der Waals surface area contributed by atoms with Crippen molar-refractivity contribution >= 4 is 23.2 Å². The molecule has 2 heterocycles. The molecule has 0 aliphatic carbocycles. The molecule has 1 aromatic carbocycles. The second kappa shape index (κ2) is 4.66. The lowest BCUT2D eigenvalue weighted by molar-refractivity contribution is -0.126. The van der Waals surface area contributed by atoms with Crippen LogP contribution in [0.25, 0.3) is 0 Å². The highest BCUT2D eigenvalue weighted by Crippen LogP contribution is 2.32. The first-order valence-electron chi connectivity index (χ1n) is 6.61. The van der Waals surface area contributed by atoms with E-state index in [2.05, 4.69) is 10.6 Å². The third-order valence-electron chi connectivity index (χ3n) is 3.78. The minimum Gasteiger partial charge on any atom is -0.388 e. The monoisotopic (exact) mass is 259 g/mol. The summed E-state index contributed by atoms with van der Waals surface area (Å²) >= 11 is 0. The van der Waals surface area contributed by atoms with Crippen LogP contribution in [0.2, 0.25) is 0 Å². The Morgan fingerprint density at radius 3 is 3.00 bits per heavy atom. The summed E-state index contributed by atoms with van der Waals surface area (Å²) in [6.07, 6.45) is 2.11. The first kappa shape index (κ1) is 12.2. The Bertz CT molecular complexity index is 535. The van der Waals surface area contributed by atoms with Crippen LogP contribution in [0.1, 0.15) is 18.4 Å². The first-order valence-corrected chi connectivity index (χ1v) is 6.61. The van der Waals surface area contributed by atoms with Crippen molar-refractivity contribution < 1.29 is 9.59 Å². The van der Waals surface area contributed by atoms with Gasteiger partial charge < -0.3 is 10.6 Å². The van der Waals surface area contributed by atoms with Gasteiger partial charge in [-0.2, -0.15) is 0 Å². The third kappa shape index (κ3) is 2.00. The molecule has 0 spiro atoms. The Morgan fingerprint density at radius 1 is 1.47 bits per heavy atom. The number of imide groups is 1. The van der Waals surface area contributed by atoms with E-state index in [-0.39, 0.29) is 17.9 Å². The Kier molecular flexibility index (Phi) is 2.98. The summed E-state index contributed by atoms with van der Waals surface area (Å²) in [4.78, 5) is 25.8. The number of carbonyl (C=O) groups is 2. The van der Waals surface area contributed by atoms with Gasteiger partial charge in [0, 0.05) is 12.7 Å². The van der Waals surface area contributed by atoms with E-state index in [9.17, 15) is 9.59 Å². The number of hydrogen-bond donors (Lipinski definition) is 2. The zero-order valence-electron chi connectivity index (χ0n) is 10.9. The van der Waals surface area contributed by atoms with Gasteiger partial charge in [-0.15, -0.1) is 0 Å². The Morgan fingerprint density at radius 2 is 2.32 bits per heavy atom. The van der Waals surface area contributed by atoms with Crippen molar-refractivity contribution in [3.05, 3.63) is 23.8 Å². The summed E-state index contributed by atoms with van der Waals surface area (Å²) in [5.41, 5.74) is 2.62. The maximum absolute atomic E-state index is 12.4. The van der Waals surface area contributed by atoms with Crippen LogP contribution in [0, 0.1) is 0 Å². The van der Waals surface area contributed by atoms with Crippen LogP contribution in [0.15, 0.2) is 18.2 Å². The van der Waals surface area contributed by atoms with E-state index in [1.165, 1.54) is 4.90 Å². The van der Waals surface area contributed by atoms with Crippen LogP contribution in [0.5, 0.6) is 0 Å². The fraction of sp³-hybridized carbons (Fsp3) is 0.429. The summed E-state index contributed by atoms with van der Waals surface area (Å²) in [5, 5.41) is 6.19. The molecule has 0 radical (unpaired) electrons. The molecule has 5 heteroatoms. The SMILES string of the molecule is CNc1ccc2c(c1)CC(=O)N2C(=O)C1CCCN1. The summed E-state index contributed by atoms with van der Waals surface area (Å²) in [6.45, 7) is 0.851. The number of nitrogens with zero attached hydrogens (tertiary/aromatic N) is 1. The molecule has 2 aliphatic rings. The molecule has 0 saturated carbocycles. The maximum atomic E-state index is 12.4. The molecule has 0 aromatic heterocycles. The van der Waals surface area contributed by atoms with Crippen molar-refractivity contribution in [1.29, 1.82) is 0 Å². The highest BCUT2D eigenvalue weighted by Gasteiger charge is 2.36. The molecule has 1 saturated heterocycles. The van der Waals surface area contributed by atoms with Gasteiger partial charge in [-0.25, -0.2) is 4.90 Å². The highest BCUT2D eigenvalue weighted by atomic mass is 16.2. The fourth-order valence-corrected chi connectivity index (χ4v) is 2.77. The molecule has 19 heavy (non-hydrogen) atoms. The lowest BCUT2D eigenvalue weighted by atomic mass is 10.1. The van der Waals surface area contributed by atoms with Crippen molar-refractivity contribution in [3.63, 3.8) is 0 Å². The Labute approximate surface area is 112 Å². The standard InChI is InChI=1S/C14H17N3O2/c1-15-10-4-5-12-9(7-10)8-13(18)17(12)14(19)11-3-2-6-16-11/h4-5,7,11,15-16H,2-3,6,8H2,1H3. The van der Waals surface area contributed by atoms with Gasteiger partial charge >= 0.3 is 0 Å². The van der Waals surface area contributed by atoms with Crippen LogP contribution < -0.4 is 15.5 Å². The molecule has 1 unspecified atom stereocenters. The Balaban J connectivity index is 1.91. The van der Waals surface area contributed by atoms with Crippen LogP contribution in [-0.4, -0.2) is 31.4 Å². The first-order chi connectivity index (χ1) is 9.20. The van der Waals surface area contributed by atoms with Crippen molar-refractivity contribution in [2.75, 3.05) is 23.8 Å². The van der Waals surface area contributed by atoms with E-state index in [0.29, 0.717) is 6.42 Å². The topological polar surface area (TPSA) is 61.4 Å². The zero-order valence-corrected chi connectivity index (χ0v) is 10.9. The van der Waals surface area contributed by atoms with Gasteiger partial charge in [0.2, 0.25) is 5.91 Å². The number of rotatable bonds is 2. The van der Waals surface area contributed by atoms with E-state index >= 15 is 0 Å². The number of benzene rings is 1. The van der Waals surface area contributed by atoms with Crippen molar-refractivity contribution in [1.82, 2.24) is 5.32 Å². The van der Waals surface area contributed by atoms with Gasteiger partial charge in [0.1, 0.15) is 0 Å². The molecular formula is C14H17N3O2. The molecule has 5 nitrogen and oxygen atoms in total. The van der Waals surface area contributed by atoms with Gasteiger partial charge in [0.15, 0.2) is 0 Å². The molecule has 1 fully saturated rings. The molecule has 1 aromatic rings. The quantitative estimate of drug-likeness (QED) is 0.775. The van der Waals surface area contributed by atoms with Crippen molar-refractivity contribution in [2.45, 2.75) is 25.3 Å². The summed E-state index contributed by atoms with van der Waals surface area (Å²) < 4.78 is 0. The predicted octanol–water partition coefficient (Wildman–Crippen LogP) is 0.896. The fourth-order valence-electron chi connectivity index (χ4n) is 2.77. The lowest BCUT2D eigenvalue weighted by Crippen LogP contribution is -2.45. The average molecular weight is 259 g/mol. The maximum Gasteiger partial charge on any atom is 0.250 e. The van der Waals surface area contributed by atoms with E-state index in [0.717, 1.165) is 36.3 Å². The minimum atomic E-state index is -0.209. The molecule has 2 N–H and O–H groups in total. The molecule has 2 aliphatic heterocycles. The predicted molar refractivity (Wildman–Crippen MR) is 73.2 cm³/mol. The summed E-state index contributed by atoms with van der Waals surface area (Å²) in [5.74, 6) is -0.236. The van der Waals surface area contributed by atoms with Crippen LogP contribution >= 0.6 is 0 Å². The summed E-state index contributed by atoms with van der Waals surface area (Å²) in [6, 6.07) is 5.46. The molecule has 100 valence electrons. The summed E-state index contributed by atoms with van der Waals surface area (Å²) in [7, 11) is 1.84. The van der Waals surface area contributed by atoms with Crippen LogP contribution in [-0.2, 0) is 16.0 Å². The van der Waals surface area contributed by atoms with Crippen molar-refractivity contribution in [2.24, 2.45) is 0 Å². The second-order valence-electron chi connectivity index (χ2n) is 4.99. The Hall–Kier alpha value is -1.88. The number of fused-ring (bicyclic) bond motifs is 1. The number of anilines is 2. The van der Waals surface area contributed by atoms with Gasteiger partial charge in [-0.05, 0) is 43.1 Å². The average Bonchev–Trinajstić information content (AvgIpc) is 3.03. The number of nitrogens with one attached hydrogen (secondary N) is 2. The number of hydrogen-bond acceptors (Lipinski definition) is 4. The minimum absolute atomic E-state index is 0.113. The van der Waals surface area contributed by atoms with Gasteiger partial charge in [-0.3, -0.25) is 9.59 Å². The molecule has 0 bridgehead atoms. The third-order valence-corrected chi connectivity index (χ3v) is 3.78. The van der Waals surface area contributed by atoms with Crippen LogP contribution in [0.3, 0.4) is 0 Å². The van der Waals surface area contributed by atoms with Gasteiger partial charge in [0.05, 0.1) is 18.2 Å². The zero-order chi connectivity index (χ0) is 13.4. The van der Waals surface area contributed by atoms with Crippen LogP contribution in [0.4, 0.5) is 11.4 Å². The smallest absolute Gasteiger partial charge is 0.250 e. The van der Waals surface area contributed by atoms with E-state index in [4.69, 9.17) is 0 Å². The molecule has 3 rings (SSSR count). The number of carbonyl (C=O) groups excluding carboxylic acids is 2. The normalized spacial score (nSPS) is 21.6. The molecular weight excluding hydrogens is 242 g/mol. The van der Waals surface area contributed by atoms with E-state index < -0.39 is 0 Å². The molecule has 2 amide bonds. The lowest BCUT2D eigenvalue weighted by Gasteiger charge is -2.19. The molecule has 1 atom stereocenters. The largest absolute Gasteiger partial charge is 0.388 e. The van der Waals surface area contributed by atoms with Gasteiger partial charge in [-0.1, -0.05) is 0 Å². The second-order valence-corrected chi connectivity index (χ2v) is 4.99.